The van der Waals surface area contributed by atoms with E-state index in [2.05, 4.69) is 4.90 Å². The quantitative estimate of drug-likeness (QED) is 0.508. The van der Waals surface area contributed by atoms with Crippen LogP contribution < -0.4 is 0 Å². The first-order valence-electron chi connectivity index (χ1n) is 8.70. The Labute approximate surface area is 142 Å². The van der Waals surface area contributed by atoms with Crippen molar-refractivity contribution < 1.29 is 19.4 Å². The lowest BCUT2D eigenvalue weighted by atomic mass is 9.67. The van der Waals surface area contributed by atoms with Crippen molar-refractivity contribution in [2.24, 2.45) is 5.41 Å². The van der Waals surface area contributed by atoms with Gasteiger partial charge in [-0.15, -0.1) is 0 Å². The van der Waals surface area contributed by atoms with Crippen molar-refractivity contribution in [1.82, 2.24) is 4.90 Å². The molecule has 5 nitrogen and oxygen atoms in total. The molecule has 1 aromatic carbocycles. The zero-order chi connectivity index (χ0) is 17.3. The minimum Gasteiger partial charge on any atom is -0.465 e. The van der Waals surface area contributed by atoms with Crippen molar-refractivity contribution in [3.05, 3.63) is 35.9 Å². The number of ketones is 1. The number of hydrogen-bond acceptors (Lipinski definition) is 5. The fourth-order valence-corrected chi connectivity index (χ4v) is 4.32. The average molecular weight is 331 g/mol. The predicted molar refractivity (Wildman–Crippen MR) is 89.7 cm³/mol. The molecule has 2 aliphatic rings. The molecule has 2 bridgehead atoms. The fourth-order valence-electron chi connectivity index (χ4n) is 4.32. The third-order valence-corrected chi connectivity index (χ3v) is 5.57. The number of nitrogens with zero attached hydrogens (tertiary/aromatic N) is 1. The molecule has 1 N–H and O–H groups in total. The Morgan fingerprint density at radius 3 is 2.67 bits per heavy atom. The van der Waals surface area contributed by atoms with Crippen molar-refractivity contribution in [1.29, 1.82) is 0 Å². The van der Waals surface area contributed by atoms with Gasteiger partial charge in [-0.25, -0.2) is 0 Å². The van der Waals surface area contributed by atoms with Gasteiger partial charge in [-0.3, -0.25) is 14.5 Å². The molecule has 4 atom stereocenters. The Kier molecular flexibility index (Phi) is 4.74. The molecular formula is C19H25NO4. The second-order valence-corrected chi connectivity index (χ2v) is 6.86. The summed E-state index contributed by atoms with van der Waals surface area (Å²) in [4.78, 5) is 28.5. The Morgan fingerprint density at radius 2 is 2.00 bits per heavy atom. The van der Waals surface area contributed by atoms with E-state index in [1.54, 1.807) is 24.3 Å². The molecule has 5 heteroatoms. The first kappa shape index (κ1) is 17.1. The molecule has 2 fully saturated rings. The van der Waals surface area contributed by atoms with Gasteiger partial charge >= 0.3 is 5.97 Å². The Balaban J connectivity index is 2.07. The minimum absolute atomic E-state index is 0.223. The summed E-state index contributed by atoms with van der Waals surface area (Å²) in [5, 5.41) is 10.9. The maximum absolute atomic E-state index is 13.4. The molecule has 1 aromatic rings. The number of aliphatic hydroxyl groups is 1. The fraction of sp³-hybridized carbons (Fsp3) is 0.579. The van der Waals surface area contributed by atoms with Gasteiger partial charge in [0.1, 0.15) is 0 Å². The van der Waals surface area contributed by atoms with Gasteiger partial charge in [-0.2, -0.15) is 0 Å². The molecule has 0 aromatic heterocycles. The SMILES string of the molecule is CCCOC(=O)[C@@]1(C(=O)c2ccccc2)[C@@H](O)C[C@@H]2CC[C@H]1N2C. The summed E-state index contributed by atoms with van der Waals surface area (Å²) in [6, 6.07) is 8.68. The maximum Gasteiger partial charge on any atom is 0.324 e. The summed E-state index contributed by atoms with van der Waals surface area (Å²) in [5.41, 5.74) is -1.08. The number of benzene rings is 1. The summed E-state index contributed by atoms with van der Waals surface area (Å²) < 4.78 is 5.40. The van der Waals surface area contributed by atoms with Crippen LogP contribution in [0.5, 0.6) is 0 Å². The van der Waals surface area contributed by atoms with Crippen LogP contribution in [0.4, 0.5) is 0 Å². The van der Waals surface area contributed by atoms with Gasteiger partial charge in [0, 0.05) is 17.6 Å². The second-order valence-electron chi connectivity index (χ2n) is 6.86. The van der Waals surface area contributed by atoms with Crippen molar-refractivity contribution >= 4 is 11.8 Å². The highest BCUT2D eigenvalue weighted by Crippen LogP contribution is 2.48. The lowest BCUT2D eigenvalue weighted by molar-refractivity contribution is -0.168. The molecule has 2 heterocycles. The smallest absolute Gasteiger partial charge is 0.324 e. The van der Waals surface area contributed by atoms with Crippen LogP contribution in [-0.4, -0.2) is 53.6 Å². The van der Waals surface area contributed by atoms with Crippen LogP contribution in [0.25, 0.3) is 0 Å². The van der Waals surface area contributed by atoms with Crippen LogP contribution in [0.3, 0.4) is 0 Å². The number of carbonyl (C=O) groups excluding carboxylic acids is 2. The molecule has 0 amide bonds. The van der Waals surface area contributed by atoms with E-state index in [9.17, 15) is 14.7 Å². The molecule has 0 radical (unpaired) electrons. The minimum atomic E-state index is -1.53. The summed E-state index contributed by atoms with van der Waals surface area (Å²) in [7, 11) is 1.94. The van der Waals surface area contributed by atoms with Crippen LogP contribution in [-0.2, 0) is 9.53 Å². The standard InChI is InChI=1S/C19H25NO4/c1-3-11-24-18(23)19(17(22)13-7-5-4-6-8-13)15-10-9-14(20(15)2)12-16(19)21/h4-8,14-16,21H,3,9-12H2,1-2H3/t14-,15+,16-,19+/m0/s1. The number of carbonyl (C=O) groups is 2. The van der Waals surface area contributed by atoms with Crippen LogP contribution in [0.1, 0.15) is 43.0 Å². The normalized spacial score (nSPS) is 32.5. The first-order valence-corrected chi connectivity index (χ1v) is 8.70. The zero-order valence-corrected chi connectivity index (χ0v) is 14.3. The van der Waals surface area contributed by atoms with Gasteiger partial charge in [0.2, 0.25) is 0 Å². The number of hydrogen-bond donors (Lipinski definition) is 1. The molecule has 2 saturated heterocycles. The van der Waals surface area contributed by atoms with Crippen LogP contribution in [0, 0.1) is 5.41 Å². The van der Waals surface area contributed by atoms with E-state index in [-0.39, 0.29) is 24.5 Å². The van der Waals surface area contributed by atoms with E-state index in [0.717, 1.165) is 12.8 Å². The maximum atomic E-state index is 13.4. The van der Waals surface area contributed by atoms with Crippen LogP contribution in [0.2, 0.25) is 0 Å². The number of Topliss-reactive ketones (excluding diaryl/α,β-unsaturated/α-hetero) is 1. The Bertz CT molecular complexity index is 617. The zero-order valence-electron chi connectivity index (χ0n) is 14.3. The lowest BCUT2D eigenvalue weighted by Crippen LogP contribution is -2.65. The number of fused-ring (bicyclic) bond motifs is 2. The summed E-state index contributed by atoms with van der Waals surface area (Å²) in [6.45, 7) is 2.17. The molecular weight excluding hydrogens is 306 g/mol. The van der Waals surface area contributed by atoms with Crippen LogP contribution in [0.15, 0.2) is 30.3 Å². The highest BCUT2D eigenvalue weighted by molar-refractivity contribution is 6.14. The Hall–Kier alpha value is -1.72. The highest BCUT2D eigenvalue weighted by Gasteiger charge is 2.64. The summed E-state index contributed by atoms with van der Waals surface area (Å²) in [5.74, 6) is -0.906. The molecule has 0 saturated carbocycles. The monoisotopic (exact) mass is 331 g/mol. The lowest BCUT2D eigenvalue weighted by Gasteiger charge is -2.47. The van der Waals surface area contributed by atoms with Crippen molar-refractivity contribution in [3.8, 4) is 0 Å². The van der Waals surface area contributed by atoms with Crippen molar-refractivity contribution in [2.75, 3.05) is 13.7 Å². The van der Waals surface area contributed by atoms with Crippen molar-refractivity contribution in [3.63, 3.8) is 0 Å². The largest absolute Gasteiger partial charge is 0.465 e. The third kappa shape index (κ3) is 2.47. The summed E-state index contributed by atoms with van der Waals surface area (Å²) in [6.07, 6.45) is 1.71. The van der Waals surface area contributed by atoms with E-state index in [1.807, 2.05) is 20.0 Å². The molecule has 2 aliphatic heterocycles. The van der Waals surface area contributed by atoms with Gasteiger partial charge in [0.05, 0.1) is 12.7 Å². The molecule has 0 spiro atoms. The van der Waals surface area contributed by atoms with Gasteiger partial charge in [0.25, 0.3) is 0 Å². The average Bonchev–Trinajstić information content (AvgIpc) is 2.86. The molecule has 24 heavy (non-hydrogen) atoms. The number of rotatable bonds is 5. The molecule has 0 aliphatic carbocycles. The Morgan fingerprint density at radius 1 is 1.29 bits per heavy atom. The molecule has 0 unspecified atom stereocenters. The van der Waals surface area contributed by atoms with Crippen molar-refractivity contribution in [2.45, 2.75) is 50.8 Å². The van der Waals surface area contributed by atoms with E-state index < -0.39 is 17.5 Å². The van der Waals surface area contributed by atoms with Gasteiger partial charge < -0.3 is 9.84 Å². The van der Waals surface area contributed by atoms with E-state index in [0.29, 0.717) is 18.4 Å². The molecule has 3 rings (SSSR count). The molecule has 130 valence electrons. The van der Waals surface area contributed by atoms with E-state index in [1.165, 1.54) is 0 Å². The van der Waals surface area contributed by atoms with Crippen LogP contribution >= 0.6 is 0 Å². The number of aliphatic hydroxyl groups excluding tert-OH is 1. The number of ether oxygens (including phenoxy) is 1. The third-order valence-electron chi connectivity index (χ3n) is 5.57. The summed E-state index contributed by atoms with van der Waals surface area (Å²) >= 11 is 0. The predicted octanol–water partition coefficient (Wildman–Crippen LogP) is 2.04. The van der Waals surface area contributed by atoms with Gasteiger partial charge in [-0.05, 0) is 32.7 Å². The van der Waals surface area contributed by atoms with Gasteiger partial charge in [0.15, 0.2) is 11.2 Å². The van der Waals surface area contributed by atoms with E-state index in [4.69, 9.17) is 4.74 Å². The number of esters is 1. The highest BCUT2D eigenvalue weighted by atomic mass is 16.5. The number of piperidine rings is 1. The van der Waals surface area contributed by atoms with Gasteiger partial charge in [-0.1, -0.05) is 37.3 Å². The second kappa shape index (κ2) is 6.65. The first-order chi connectivity index (χ1) is 11.5. The topological polar surface area (TPSA) is 66.8 Å². The van der Waals surface area contributed by atoms with E-state index >= 15 is 0 Å².